The third kappa shape index (κ3) is 7.43. The molecule has 0 saturated heterocycles. The lowest BCUT2D eigenvalue weighted by atomic mass is 10.1. The highest BCUT2D eigenvalue weighted by atomic mass is 32.2. The number of carbonyl (C=O) groups excluding carboxylic acids is 2. The Bertz CT molecular complexity index is 1390. The Balaban J connectivity index is 1.29. The molecule has 2 aromatic carbocycles. The van der Waals surface area contributed by atoms with E-state index in [0.29, 0.717) is 40.7 Å². The van der Waals surface area contributed by atoms with Gasteiger partial charge in [0.1, 0.15) is 10.8 Å². The molecular weight excluding hydrogens is 509 g/mol. The number of carbonyl (C=O) groups is 2. The summed E-state index contributed by atoms with van der Waals surface area (Å²) in [5.74, 6) is -0.363. The van der Waals surface area contributed by atoms with Crippen molar-refractivity contribution in [2.45, 2.75) is 24.7 Å². The van der Waals surface area contributed by atoms with Gasteiger partial charge in [-0.3, -0.25) is 9.59 Å². The monoisotopic (exact) mass is 530 g/mol. The van der Waals surface area contributed by atoms with Crippen LogP contribution in [0.3, 0.4) is 0 Å². The fourth-order valence-electron chi connectivity index (χ4n) is 3.22. The number of halogens is 3. The van der Waals surface area contributed by atoms with Gasteiger partial charge >= 0.3 is 6.36 Å². The molecule has 0 saturated carbocycles. The number of benzene rings is 2. The van der Waals surface area contributed by atoms with Crippen LogP contribution in [-0.4, -0.2) is 50.3 Å². The predicted octanol–water partition coefficient (Wildman–Crippen LogP) is 4.03. The number of ether oxygens (including phenoxy) is 1. The fourth-order valence-corrected chi connectivity index (χ4v) is 3.88. The van der Waals surface area contributed by atoms with E-state index in [4.69, 9.17) is 0 Å². The van der Waals surface area contributed by atoms with Crippen molar-refractivity contribution in [3.63, 3.8) is 0 Å². The zero-order chi connectivity index (χ0) is 26.4. The number of aromatic nitrogens is 4. The standard InChI is InChI=1S/C24H21F3N6O3S/c1-15-2-4-16(5-3-15)23(35)28-13-12-20-31-30-19-10-11-22(32-33(19)20)37-14-21(34)29-17-6-8-18(9-7-17)36-24(25,26)27/h2-11H,12-14H2,1H3,(H,28,35)(H,29,34). The van der Waals surface area contributed by atoms with E-state index in [9.17, 15) is 22.8 Å². The first-order valence-corrected chi connectivity index (χ1v) is 12.0. The minimum Gasteiger partial charge on any atom is -0.406 e. The van der Waals surface area contributed by atoms with Gasteiger partial charge in [0.05, 0.1) is 5.75 Å². The zero-order valence-electron chi connectivity index (χ0n) is 19.5. The van der Waals surface area contributed by atoms with Gasteiger partial charge in [0, 0.05) is 24.2 Å². The summed E-state index contributed by atoms with van der Waals surface area (Å²) in [4.78, 5) is 24.6. The van der Waals surface area contributed by atoms with Gasteiger partial charge in [0.25, 0.3) is 5.91 Å². The van der Waals surface area contributed by atoms with Crippen molar-refractivity contribution in [1.29, 1.82) is 0 Å². The van der Waals surface area contributed by atoms with Crippen molar-refractivity contribution >= 4 is 34.9 Å². The minimum absolute atomic E-state index is 0.0172. The predicted molar refractivity (Wildman–Crippen MR) is 130 cm³/mol. The Kier molecular flexibility index (Phi) is 7.92. The van der Waals surface area contributed by atoms with Crippen LogP contribution in [0.1, 0.15) is 21.7 Å². The van der Waals surface area contributed by atoms with E-state index in [1.54, 1.807) is 28.8 Å². The lowest BCUT2D eigenvalue weighted by molar-refractivity contribution is -0.274. The van der Waals surface area contributed by atoms with Crippen LogP contribution in [0.15, 0.2) is 65.7 Å². The van der Waals surface area contributed by atoms with E-state index >= 15 is 0 Å². The molecule has 192 valence electrons. The third-order valence-corrected chi connectivity index (χ3v) is 5.89. The molecule has 37 heavy (non-hydrogen) atoms. The zero-order valence-corrected chi connectivity index (χ0v) is 20.3. The van der Waals surface area contributed by atoms with E-state index in [2.05, 4.69) is 30.7 Å². The topological polar surface area (TPSA) is 111 Å². The number of fused-ring (bicyclic) bond motifs is 1. The van der Waals surface area contributed by atoms with Gasteiger partial charge in [0.15, 0.2) is 11.5 Å². The number of thioether (sulfide) groups is 1. The maximum atomic E-state index is 12.3. The second-order valence-electron chi connectivity index (χ2n) is 7.84. The van der Waals surface area contributed by atoms with Crippen molar-refractivity contribution in [2.75, 3.05) is 17.6 Å². The molecule has 2 aromatic heterocycles. The number of nitrogens with zero attached hydrogens (tertiary/aromatic N) is 4. The van der Waals surface area contributed by atoms with Crippen molar-refractivity contribution < 1.29 is 27.5 Å². The molecule has 9 nitrogen and oxygen atoms in total. The number of anilines is 1. The first kappa shape index (κ1) is 25.9. The van der Waals surface area contributed by atoms with Crippen LogP contribution in [0.2, 0.25) is 0 Å². The Morgan fingerprint density at radius 1 is 1.00 bits per heavy atom. The van der Waals surface area contributed by atoms with Gasteiger partial charge in [-0.15, -0.1) is 23.4 Å². The van der Waals surface area contributed by atoms with Crippen molar-refractivity contribution in [2.24, 2.45) is 0 Å². The van der Waals surface area contributed by atoms with E-state index in [1.807, 2.05) is 19.1 Å². The van der Waals surface area contributed by atoms with E-state index in [0.717, 1.165) is 17.7 Å². The summed E-state index contributed by atoms with van der Waals surface area (Å²) in [6.07, 6.45) is -4.39. The van der Waals surface area contributed by atoms with E-state index in [-0.39, 0.29) is 23.3 Å². The molecule has 0 fully saturated rings. The highest BCUT2D eigenvalue weighted by molar-refractivity contribution is 7.99. The van der Waals surface area contributed by atoms with Gasteiger partial charge < -0.3 is 15.4 Å². The minimum atomic E-state index is -4.78. The Morgan fingerprint density at radius 2 is 1.73 bits per heavy atom. The Morgan fingerprint density at radius 3 is 2.43 bits per heavy atom. The van der Waals surface area contributed by atoms with Gasteiger partial charge in [-0.1, -0.05) is 29.5 Å². The Labute approximate surface area is 213 Å². The smallest absolute Gasteiger partial charge is 0.406 e. The average molecular weight is 531 g/mol. The molecule has 0 radical (unpaired) electrons. The van der Waals surface area contributed by atoms with Gasteiger partial charge in [-0.25, -0.2) is 0 Å². The molecule has 4 aromatic rings. The highest BCUT2D eigenvalue weighted by Gasteiger charge is 2.31. The highest BCUT2D eigenvalue weighted by Crippen LogP contribution is 2.24. The first-order valence-electron chi connectivity index (χ1n) is 11.0. The molecular formula is C24H21F3N6O3S. The Hall–Kier alpha value is -4.13. The molecule has 0 atom stereocenters. The first-order chi connectivity index (χ1) is 17.7. The maximum Gasteiger partial charge on any atom is 0.573 e. The van der Waals surface area contributed by atoms with Crippen LogP contribution in [0.25, 0.3) is 5.65 Å². The SMILES string of the molecule is Cc1ccc(C(=O)NCCc2nnc3ccc(SCC(=O)Nc4ccc(OC(F)(F)F)cc4)nn23)cc1. The van der Waals surface area contributed by atoms with Gasteiger partial charge in [0.2, 0.25) is 5.91 Å². The number of rotatable bonds is 9. The van der Waals surface area contributed by atoms with Crippen LogP contribution in [-0.2, 0) is 11.2 Å². The molecule has 0 bridgehead atoms. The molecule has 0 aliphatic rings. The lowest BCUT2D eigenvalue weighted by Crippen LogP contribution is -2.26. The molecule has 0 unspecified atom stereocenters. The molecule has 2 amide bonds. The summed E-state index contributed by atoms with van der Waals surface area (Å²) < 4.78 is 42.1. The van der Waals surface area contributed by atoms with Gasteiger partial charge in [-0.05, 0) is 55.5 Å². The molecule has 0 spiro atoms. The van der Waals surface area contributed by atoms with E-state index in [1.165, 1.54) is 23.9 Å². The molecule has 2 N–H and O–H groups in total. The number of nitrogens with one attached hydrogen (secondary N) is 2. The summed E-state index contributed by atoms with van der Waals surface area (Å²) in [5, 5.41) is 18.7. The number of aryl methyl sites for hydroxylation is 1. The van der Waals surface area contributed by atoms with Crippen molar-refractivity contribution in [3.8, 4) is 5.75 Å². The van der Waals surface area contributed by atoms with Crippen LogP contribution in [0.4, 0.5) is 18.9 Å². The van der Waals surface area contributed by atoms with Crippen LogP contribution in [0.5, 0.6) is 5.75 Å². The van der Waals surface area contributed by atoms with Crippen molar-refractivity contribution in [1.82, 2.24) is 25.1 Å². The number of amides is 2. The molecule has 13 heteroatoms. The summed E-state index contributed by atoms with van der Waals surface area (Å²) in [5.41, 5.74) is 2.49. The van der Waals surface area contributed by atoms with E-state index < -0.39 is 6.36 Å². The fraction of sp³-hybridized carbons (Fsp3) is 0.208. The number of alkyl halides is 3. The summed E-state index contributed by atoms with van der Waals surface area (Å²) in [6.45, 7) is 2.28. The molecule has 4 rings (SSSR count). The summed E-state index contributed by atoms with van der Waals surface area (Å²) in [6, 6.07) is 15.5. The van der Waals surface area contributed by atoms with Gasteiger partial charge in [-0.2, -0.15) is 9.61 Å². The average Bonchev–Trinajstić information content (AvgIpc) is 3.25. The third-order valence-electron chi connectivity index (χ3n) is 4.97. The quantitative estimate of drug-likeness (QED) is 0.314. The second-order valence-corrected chi connectivity index (χ2v) is 8.83. The van der Waals surface area contributed by atoms with Crippen LogP contribution in [0, 0.1) is 6.92 Å². The molecule has 0 aliphatic heterocycles. The normalized spacial score (nSPS) is 11.4. The molecule has 2 heterocycles. The van der Waals surface area contributed by atoms with Crippen molar-refractivity contribution in [3.05, 3.63) is 77.6 Å². The largest absolute Gasteiger partial charge is 0.573 e. The number of hydrogen-bond acceptors (Lipinski definition) is 7. The van der Waals surface area contributed by atoms with Crippen LogP contribution >= 0.6 is 11.8 Å². The lowest BCUT2D eigenvalue weighted by Gasteiger charge is -2.10. The second kappa shape index (κ2) is 11.3. The molecule has 0 aliphatic carbocycles. The maximum absolute atomic E-state index is 12.3. The summed E-state index contributed by atoms with van der Waals surface area (Å²) in [7, 11) is 0. The van der Waals surface area contributed by atoms with Crippen LogP contribution < -0.4 is 15.4 Å². The number of hydrogen-bond donors (Lipinski definition) is 2. The summed E-state index contributed by atoms with van der Waals surface area (Å²) >= 11 is 1.17.